The number of rotatable bonds is 3. The second kappa shape index (κ2) is 6.30. The molecule has 0 aromatic carbocycles. The fourth-order valence-electron chi connectivity index (χ4n) is 1.78. The third-order valence-corrected chi connectivity index (χ3v) is 2.86. The second-order valence-electron chi connectivity index (χ2n) is 3.75. The Balaban J connectivity index is 0.00000196. The van der Waals surface area contributed by atoms with Crippen LogP contribution in [0.4, 0.5) is 0 Å². The van der Waals surface area contributed by atoms with Crippen molar-refractivity contribution in [3.05, 3.63) is 0 Å². The molecular weight excluding hydrogens is 216 g/mol. The Morgan fingerprint density at radius 1 is 1.33 bits per heavy atom. The lowest BCUT2D eigenvalue weighted by atomic mass is 9.89. The molecule has 0 atom stereocenters. The number of likely N-dealkylation sites (N-methyl/N-ethyl adjacent to an activating group) is 1. The number of halogens is 1. The molecule has 0 aromatic heterocycles. The fourth-order valence-corrected chi connectivity index (χ4v) is 1.78. The van der Waals surface area contributed by atoms with Gasteiger partial charge >= 0.3 is 0 Å². The topological polar surface area (TPSA) is 55.6 Å². The molecule has 1 aliphatic rings. The van der Waals surface area contributed by atoms with Crippen molar-refractivity contribution in [3.63, 3.8) is 0 Å². The molecule has 1 heterocycles. The fraction of sp³-hybridized carbons (Fsp3) is 0.900. The number of hydrogen-bond donors (Lipinski definition) is 1. The van der Waals surface area contributed by atoms with Crippen molar-refractivity contribution in [2.75, 3.05) is 26.3 Å². The van der Waals surface area contributed by atoms with Crippen molar-refractivity contribution in [2.45, 2.75) is 32.2 Å². The zero-order chi connectivity index (χ0) is 10.6. The summed E-state index contributed by atoms with van der Waals surface area (Å²) in [5, 5.41) is 0. The van der Waals surface area contributed by atoms with Gasteiger partial charge in [-0.1, -0.05) is 0 Å². The number of ether oxygens (including phenoxy) is 1. The SMILES string of the molecule is CCN(CC)C(=O)C1(N)CCOCC1.Cl. The number of amides is 1. The first-order chi connectivity index (χ1) is 6.64. The molecule has 0 bridgehead atoms. The Labute approximate surface area is 97.5 Å². The van der Waals surface area contributed by atoms with Crippen LogP contribution in [0.25, 0.3) is 0 Å². The average Bonchev–Trinajstić information content (AvgIpc) is 2.20. The Morgan fingerprint density at radius 2 is 1.80 bits per heavy atom. The van der Waals surface area contributed by atoms with Crippen molar-refractivity contribution in [2.24, 2.45) is 5.73 Å². The third-order valence-electron chi connectivity index (χ3n) is 2.86. The van der Waals surface area contributed by atoms with Crippen molar-refractivity contribution < 1.29 is 9.53 Å². The van der Waals surface area contributed by atoms with Gasteiger partial charge in [0.05, 0.1) is 5.54 Å². The molecule has 0 spiro atoms. The summed E-state index contributed by atoms with van der Waals surface area (Å²) >= 11 is 0. The predicted octanol–water partition coefficient (Wildman–Crippen LogP) is 0.784. The summed E-state index contributed by atoms with van der Waals surface area (Å²) in [7, 11) is 0. The maximum atomic E-state index is 12.0. The maximum absolute atomic E-state index is 12.0. The highest BCUT2D eigenvalue weighted by Gasteiger charge is 2.37. The molecule has 1 saturated heterocycles. The Bertz CT molecular complexity index is 202. The van der Waals surface area contributed by atoms with Gasteiger partial charge in [-0.2, -0.15) is 0 Å². The smallest absolute Gasteiger partial charge is 0.242 e. The minimum atomic E-state index is -0.676. The lowest BCUT2D eigenvalue weighted by Crippen LogP contribution is -2.57. The maximum Gasteiger partial charge on any atom is 0.242 e. The van der Waals surface area contributed by atoms with Crippen LogP contribution >= 0.6 is 12.4 Å². The average molecular weight is 237 g/mol. The number of carbonyl (C=O) groups is 1. The number of hydrogen-bond acceptors (Lipinski definition) is 3. The van der Waals surface area contributed by atoms with Crippen LogP contribution < -0.4 is 5.73 Å². The predicted molar refractivity (Wildman–Crippen MR) is 62.1 cm³/mol. The van der Waals surface area contributed by atoms with E-state index in [0.717, 1.165) is 13.1 Å². The number of carbonyl (C=O) groups excluding carboxylic acids is 1. The van der Waals surface area contributed by atoms with E-state index < -0.39 is 5.54 Å². The summed E-state index contributed by atoms with van der Waals surface area (Å²) in [6, 6.07) is 0. The summed E-state index contributed by atoms with van der Waals surface area (Å²) in [5.74, 6) is 0.0748. The molecule has 0 radical (unpaired) electrons. The van der Waals surface area contributed by atoms with Gasteiger partial charge in [0.15, 0.2) is 0 Å². The van der Waals surface area contributed by atoms with Crippen LogP contribution in [0.3, 0.4) is 0 Å². The van der Waals surface area contributed by atoms with Crippen LogP contribution in [0.1, 0.15) is 26.7 Å². The Morgan fingerprint density at radius 3 is 2.20 bits per heavy atom. The van der Waals surface area contributed by atoms with Crippen molar-refractivity contribution in [1.29, 1.82) is 0 Å². The monoisotopic (exact) mass is 236 g/mol. The first kappa shape index (κ1) is 14.7. The first-order valence-corrected chi connectivity index (χ1v) is 5.30. The normalized spacial score (nSPS) is 19.1. The Hall–Kier alpha value is -0.320. The van der Waals surface area contributed by atoms with E-state index in [0.29, 0.717) is 26.1 Å². The standard InChI is InChI=1S/C10H20N2O2.ClH/c1-3-12(4-2)9(13)10(11)5-7-14-8-6-10;/h3-8,11H2,1-2H3;1H. The van der Waals surface area contributed by atoms with Crippen LogP contribution in [0.2, 0.25) is 0 Å². The van der Waals surface area contributed by atoms with E-state index in [1.807, 2.05) is 13.8 Å². The van der Waals surface area contributed by atoms with E-state index in [2.05, 4.69) is 0 Å². The molecule has 0 aliphatic carbocycles. The Kier molecular flexibility index (Phi) is 6.17. The minimum absolute atomic E-state index is 0. The minimum Gasteiger partial charge on any atom is -0.381 e. The van der Waals surface area contributed by atoms with E-state index >= 15 is 0 Å². The molecule has 4 nitrogen and oxygen atoms in total. The van der Waals surface area contributed by atoms with E-state index in [9.17, 15) is 4.79 Å². The van der Waals surface area contributed by atoms with Gasteiger partial charge in [0.1, 0.15) is 0 Å². The molecule has 1 aliphatic heterocycles. The largest absolute Gasteiger partial charge is 0.381 e. The molecule has 0 saturated carbocycles. The van der Waals surface area contributed by atoms with Crippen molar-refractivity contribution in [3.8, 4) is 0 Å². The quantitative estimate of drug-likeness (QED) is 0.788. The molecular formula is C10H21ClN2O2. The van der Waals surface area contributed by atoms with Gasteiger partial charge in [-0.3, -0.25) is 4.79 Å². The van der Waals surface area contributed by atoms with Crippen molar-refractivity contribution in [1.82, 2.24) is 4.90 Å². The van der Waals surface area contributed by atoms with Crippen LogP contribution in [-0.4, -0.2) is 42.6 Å². The van der Waals surface area contributed by atoms with Gasteiger partial charge in [0.25, 0.3) is 0 Å². The van der Waals surface area contributed by atoms with Gasteiger partial charge in [-0.05, 0) is 26.7 Å². The lowest BCUT2D eigenvalue weighted by Gasteiger charge is -2.36. The first-order valence-electron chi connectivity index (χ1n) is 5.30. The summed E-state index contributed by atoms with van der Waals surface area (Å²) < 4.78 is 5.21. The molecule has 1 rings (SSSR count). The van der Waals surface area contributed by atoms with Crippen LogP contribution in [0.5, 0.6) is 0 Å². The molecule has 5 heteroatoms. The molecule has 2 N–H and O–H groups in total. The summed E-state index contributed by atoms with van der Waals surface area (Å²) in [5.41, 5.74) is 5.41. The zero-order valence-corrected chi connectivity index (χ0v) is 10.3. The molecule has 1 fully saturated rings. The van der Waals surface area contributed by atoms with Crippen molar-refractivity contribution >= 4 is 18.3 Å². The van der Waals surface area contributed by atoms with Crippen LogP contribution in [0, 0.1) is 0 Å². The highest BCUT2D eigenvalue weighted by Crippen LogP contribution is 2.20. The molecule has 1 amide bonds. The van der Waals surface area contributed by atoms with Gasteiger partial charge in [0.2, 0.25) is 5.91 Å². The van der Waals surface area contributed by atoms with E-state index in [1.165, 1.54) is 0 Å². The highest BCUT2D eigenvalue weighted by atomic mass is 35.5. The van der Waals surface area contributed by atoms with Gasteiger partial charge in [-0.25, -0.2) is 0 Å². The highest BCUT2D eigenvalue weighted by molar-refractivity contribution is 5.86. The summed E-state index contributed by atoms with van der Waals surface area (Å²) in [6.45, 7) is 6.62. The third kappa shape index (κ3) is 3.33. The molecule has 0 aromatic rings. The van der Waals surface area contributed by atoms with E-state index in [4.69, 9.17) is 10.5 Å². The molecule has 0 unspecified atom stereocenters. The number of nitrogens with two attached hydrogens (primary N) is 1. The van der Waals surface area contributed by atoms with Crippen LogP contribution in [0.15, 0.2) is 0 Å². The zero-order valence-electron chi connectivity index (χ0n) is 9.49. The van der Waals surface area contributed by atoms with E-state index in [1.54, 1.807) is 4.90 Å². The van der Waals surface area contributed by atoms with Gasteiger partial charge in [0, 0.05) is 26.3 Å². The molecule has 90 valence electrons. The van der Waals surface area contributed by atoms with Crippen LogP contribution in [-0.2, 0) is 9.53 Å². The van der Waals surface area contributed by atoms with Gasteiger partial charge < -0.3 is 15.4 Å². The molecule has 15 heavy (non-hydrogen) atoms. The van der Waals surface area contributed by atoms with E-state index in [-0.39, 0.29) is 18.3 Å². The number of nitrogens with zero attached hydrogens (tertiary/aromatic N) is 1. The van der Waals surface area contributed by atoms with Gasteiger partial charge in [-0.15, -0.1) is 12.4 Å². The summed E-state index contributed by atoms with van der Waals surface area (Å²) in [4.78, 5) is 13.8. The lowest BCUT2D eigenvalue weighted by molar-refractivity contribution is -0.140. The second-order valence-corrected chi connectivity index (χ2v) is 3.75. The summed E-state index contributed by atoms with van der Waals surface area (Å²) in [6.07, 6.45) is 1.28.